The van der Waals surface area contributed by atoms with E-state index >= 15 is 0 Å². The van der Waals surface area contributed by atoms with Crippen LogP contribution in [0.3, 0.4) is 0 Å². The lowest BCUT2D eigenvalue weighted by atomic mass is 10.3. The summed E-state index contributed by atoms with van der Waals surface area (Å²) in [5, 5.41) is 5.22. The number of thiazole rings is 1. The quantitative estimate of drug-likeness (QED) is 0.747. The van der Waals surface area contributed by atoms with E-state index in [4.69, 9.17) is 0 Å². The van der Waals surface area contributed by atoms with E-state index in [1.54, 1.807) is 0 Å². The van der Waals surface area contributed by atoms with Crippen LogP contribution in [0, 0.1) is 0 Å². The average Bonchev–Trinajstić information content (AvgIpc) is 2.53. The minimum Gasteiger partial charge on any atom is -0.320 e. The molecule has 1 heterocycles. The van der Waals surface area contributed by atoms with Gasteiger partial charge in [-0.1, -0.05) is 0 Å². The Bertz CT molecular complexity index is 250. The third-order valence-electron chi connectivity index (χ3n) is 1.61. The first-order valence-corrected chi connectivity index (χ1v) is 4.99. The molecule has 0 amide bonds. The van der Waals surface area contributed by atoms with Crippen molar-refractivity contribution in [1.82, 2.24) is 10.3 Å². The summed E-state index contributed by atoms with van der Waals surface area (Å²) in [6.07, 6.45) is -0.723. The fourth-order valence-corrected chi connectivity index (χ4v) is 1.79. The summed E-state index contributed by atoms with van der Waals surface area (Å²) in [5.41, 5.74) is -0.0931. The van der Waals surface area contributed by atoms with Gasteiger partial charge in [0, 0.05) is 11.8 Å². The van der Waals surface area contributed by atoms with Gasteiger partial charge in [-0.15, -0.1) is 11.3 Å². The molecule has 5 heteroatoms. The number of aromatic nitrogens is 1. The van der Waals surface area contributed by atoms with Gasteiger partial charge in [0.1, 0.15) is 5.69 Å². The molecule has 0 aliphatic rings. The van der Waals surface area contributed by atoms with Crippen LogP contribution in [0.2, 0.25) is 0 Å². The van der Waals surface area contributed by atoms with Gasteiger partial charge in [-0.3, -0.25) is 0 Å². The minimum atomic E-state index is -2.44. The Balaban J connectivity index is 2.40. The summed E-state index contributed by atoms with van der Waals surface area (Å²) < 4.78 is 24.2. The SMILES string of the molecule is CNCCCc1nc(C(F)F)cs1. The minimum absolute atomic E-state index is 0.0931. The molecule has 0 saturated carbocycles. The second-order valence-electron chi connectivity index (χ2n) is 2.67. The highest BCUT2D eigenvalue weighted by molar-refractivity contribution is 7.09. The molecule has 0 radical (unpaired) electrons. The Morgan fingerprint density at radius 3 is 2.92 bits per heavy atom. The normalized spacial score (nSPS) is 11.1. The first-order chi connectivity index (χ1) is 6.24. The Morgan fingerprint density at radius 1 is 1.62 bits per heavy atom. The summed E-state index contributed by atoms with van der Waals surface area (Å²) >= 11 is 1.31. The maximum atomic E-state index is 12.1. The first-order valence-electron chi connectivity index (χ1n) is 4.11. The third kappa shape index (κ3) is 3.36. The summed E-state index contributed by atoms with van der Waals surface area (Å²) in [6.45, 7) is 0.892. The van der Waals surface area contributed by atoms with Crippen molar-refractivity contribution in [2.45, 2.75) is 19.3 Å². The fraction of sp³-hybridized carbons (Fsp3) is 0.625. The van der Waals surface area contributed by atoms with Crippen LogP contribution in [0.4, 0.5) is 8.78 Å². The van der Waals surface area contributed by atoms with Crippen molar-refractivity contribution in [2.75, 3.05) is 13.6 Å². The van der Waals surface area contributed by atoms with Crippen LogP contribution >= 0.6 is 11.3 Å². The molecule has 13 heavy (non-hydrogen) atoms. The molecule has 74 valence electrons. The van der Waals surface area contributed by atoms with E-state index in [0.29, 0.717) is 0 Å². The number of rotatable bonds is 5. The molecule has 1 rings (SSSR count). The first kappa shape index (κ1) is 10.5. The van der Waals surface area contributed by atoms with Crippen molar-refractivity contribution < 1.29 is 8.78 Å². The van der Waals surface area contributed by atoms with E-state index in [-0.39, 0.29) is 5.69 Å². The van der Waals surface area contributed by atoms with Gasteiger partial charge in [-0.05, 0) is 20.0 Å². The molecule has 1 N–H and O–H groups in total. The largest absolute Gasteiger partial charge is 0.320 e. The molecule has 1 aromatic heterocycles. The number of aryl methyl sites for hydroxylation is 1. The second kappa shape index (κ2) is 5.24. The maximum absolute atomic E-state index is 12.1. The van der Waals surface area contributed by atoms with Gasteiger partial charge < -0.3 is 5.32 Å². The van der Waals surface area contributed by atoms with Crippen LogP contribution in [0.25, 0.3) is 0 Å². The molecule has 0 aliphatic carbocycles. The predicted octanol–water partition coefficient (Wildman–Crippen LogP) is 2.23. The summed E-state index contributed by atoms with van der Waals surface area (Å²) in [7, 11) is 1.87. The van der Waals surface area contributed by atoms with Crippen LogP contribution in [-0.4, -0.2) is 18.6 Å². The van der Waals surface area contributed by atoms with E-state index in [1.165, 1.54) is 16.7 Å². The van der Waals surface area contributed by atoms with Gasteiger partial charge in [0.05, 0.1) is 5.01 Å². The topological polar surface area (TPSA) is 24.9 Å². The van der Waals surface area contributed by atoms with Crippen molar-refractivity contribution >= 4 is 11.3 Å². The summed E-state index contributed by atoms with van der Waals surface area (Å²) in [4.78, 5) is 3.82. The van der Waals surface area contributed by atoms with Gasteiger partial charge in [0.25, 0.3) is 6.43 Å². The average molecular weight is 206 g/mol. The molecule has 0 fully saturated rings. The molecule has 0 aromatic carbocycles. The van der Waals surface area contributed by atoms with E-state index in [1.807, 2.05) is 7.05 Å². The number of alkyl halides is 2. The second-order valence-corrected chi connectivity index (χ2v) is 3.62. The predicted molar refractivity (Wildman–Crippen MR) is 49.3 cm³/mol. The van der Waals surface area contributed by atoms with E-state index in [9.17, 15) is 8.78 Å². The van der Waals surface area contributed by atoms with Gasteiger partial charge in [0.2, 0.25) is 0 Å². The number of hydrogen-bond acceptors (Lipinski definition) is 3. The molecular formula is C8H12F2N2S. The zero-order valence-corrected chi connectivity index (χ0v) is 8.20. The zero-order valence-electron chi connectivity index (χ0n) is 7.39. The van der Waals surface area contributed by atoms with Crippen molar-refractivity contribution in [2.24, 2.45) is 0 Å². The van der Waals surface area contributed by atoms with Crippen LogP contribution in [0.5, 0.6) is 0 Å². The van der Waals surface area contributed by atoms with Crippen molar-refractivity contribution in [1.29, 1.82) is 0 Å². The molecule has 0 atom stereocenters. The molecule has 1 aromatic rings. The Morgan fingerprint density at radius 2 is 2.38 bits per heavy atom. The van der Waals surface area contributed by atoms with Crippen LogP contribution in [-0.2, 0) is 6.42 Å². The third-order valence-corrected chi connectivity index (χ3v) is 2.54. The maximum Gasteiger partial charge on any atom is 0.281 e. The van der Waals surface area contributed by atoms with Crippen LogP contribution in [0.15, 0.2) is 5.38 Å². The van der Waals surface area contributed by atoms with Gasteiger partial charge in [-0.2, -0.15) is 0 Å². The Labute approximate surface area is 80.0 Å². The van der Waals surface area contributed by atoms with E-state index < -0.39 is 6.43 Å². The van der Waals surface area contributed by atoms with Crippen molar-refractivity contribution in [3.05, 3.63) is 16.1 Å². The summed E-state index contributed by atoms with van der Waals surface area (Å²) in [5.74, 6) is 0. The number of halogens is 2. The van der Waals surface area contributed by atoms with Gasteiger partial charge in [-0.25, -0.2) is 13.8 Å². The molecule has 0 saturated heterocycles. The summed E-state index contributed by atoms with van der Waals surface area (Å²) in [6, 6.07) is 0. The zero-order chi connectivity index (χ0) is 9.68. The lowest BCUT2D eigenvalue weighted by Crippen LogP contribution is -2.08. The van der Waals surface area contributed by atoms with Crippen LogP contribution in [0.1, 0.15) is 23.5 Å². The van der Waals surface area contributed by atoms with Gasteiger partial charge >= 0.3 is 0 Å². The molecular weight excluding hydrogens is 194 g/mol. The standard InChI is InChI=1S/C8H12F2N2S/c1-11-4-2-3-7-12-6(5-13-7)8(9)10/h5,8,11H,2-4H2,1H3. The number of nitrogens with zero attached hydrogens (tertiary/aromatic N) is 1. The van der Waals surface area contributed by atoms with Crippen molar-refractivity contribution in [3.8, 4) is 0 Å². The number of nitrogens with one attached hydrogen (secondary N) is 1. The highest BCUT2D eigenvalue weighted by Gasteiger charge is 2.10. The highest BCUT2D eigenvalue weighted by atomic mass is 32.1. The lowest BCUT2D eigenvalue weighted by molar-refractivity contribution is 0.146. The highest BCUT2D eigenvalue weighted by Crippen LogP contribution is 2.21. The molecule has 0 aliphatic heterocycles. The molecule has 0 bridgehead atoms. The Hall–Kier alpha value is -0.550. The van der Waals surface area contributed by atoms with Crippen LogP contribution < -0.4 is 5.32 Å². The monoisotopic (exact) mass is 206 g/mol. The molecule has 2 nitrogen and oxygen atoms in total. The smallest absolute Gasteiger partial charge is 0.281 e. The molecule has 0 unspecified atom stereocenters. The van der Waals surface area contributed by atoms with E-state index in [2.05, 4.69) is 10.3 Å². The number of hydrogen-bond donors (Lipinski definition) is 1. The fourth-order valence-electron chi connectivity index (χ4n) is 0.957. The molecule has 0 spiro atoms. The van der Waals surface area contributed by atoms with E-state index in [0.717, 1.165) is 24.4 Å². The van der Waals surface area contributed by atoms with Gasteiger partial charge in [0.15, 0.2) is 0 Å². The lowest BCUT2D eigenvalue weighted by Gasteiger charge is -1.95. The Kier molecular flexibility index (Phi) is 4.24. The van der Waals surface area contributed by atoms with Crippen molar-refractivity contribution in [3.63, 3.8) is 0 Å².